The van der Waals surface area contributed by atoms with Gasteiger partial charge in [-0.2, -0.15) is 0 Å². The molecule has 5 heteroatoms. The van der Waals surface area contributed by atoms with Gasteiger partial charge < -0.3 is 15.5 Å². The molecule has 2 rings (SSSR count). The van der Waals surface area contributed by atoms with Gasteiger partial charge in [0.05, 0.1) is 11.6 Å². The Hall–Kier alpha value is -1.07. The normalized spacial score (nSPS) is 15.6. The van der Waals surface area contributed by atoms with Gasteiger partial charge >= 0.3 is 0 Å². The van der Waals surface area contributed by atoms with Crippen LogP contribution in [0.4, 0.5) is 5.69 Å². The standard InChI is InChI=1S/C16H24BrN3O/c1-11(16(21)18-2)10-20(3)15-7-4-12(8-14(15)17)9-19-13-5-6-13/h4,7-8,11,13,19H,5-6,9-10H2,1-3H3,(H,18,21). The molecule has 1 fully saturated rings. The second-order valence-corrected chi connectivity index (χ2v) is 6.69. The van der Waals surface area contributed by atoms with Crippen LogP contribution in [0.1, 0.15) is 25.3 Å². The van der Waals surface area contributed by atoms with Crippen LogP contribution in [0.15, 0.2) is 22.7 Å². The van der Waals surface area contributed by atoms with Crippen LogP contribution in [0.25, 0.3) is 0 Å². The number of amides is 1. The number of benzene rings is 1. The van der Waals surface area contributed by atoms with E-state index in [1.165, 1.54) is 18.4 Å². The minimum absolute atomic E-state index is 0.0388. The fourth-order valence-electron chi connectivity index (χ4n) is 2.36. The number of hydrogen-bond donors (Lipinski definition) is 2. The molecule has 1 atom stereocenters. The predicted molar refractivity (Wildman–Crippen MR) is 90.5 cm³/mol. The maximum Gasteiger partial charge on any atom is 0.224 e. The first kappa shape index (κ1) is 16.3. The molecular formula is C16H24BrN3O. The smallest absolute Gasteiger partial charge is 0.224 e. The van der Waals surface area contributed by atoms with Gasteiger partial charge in [-0.15, -0.1) is 0 Å². The Balaban J connectivity index is 1.96. The third-order valence-electron chi connectivity index (χ3n) is 3.84. The maximum atomic E-state index is 11.6. The number of anilines is 1. The fourth-order valence-corrected chi connectivity index (χ4v) is 3.09. The Morgan fingerprint density at radius 1 is 1.48 bits per heavy atom. The molecule has 0 aliphatic heterocycles. The molecule has 0 saturated heterocycles. The van der Waals surface area contributed by atoms with Crippen LogP contribution in [0.5, 0.6) is 0 Å². The molecule has 0 spiro atoms. The molecule has 0 aromatic heterocycles. The van der Waals surface area contributed by atoms with Crippen molar-refractivity contribution in [1.29, 1.82) is 0 Å². The summed E-state index contributed by atoms with van der Waals surface area (Å²) in [7, 11) is 3.69. The lowest BCUT2D eigenvalue weighted by Gasteiger charge is -2.24. The Kier molecular flexibility index (Phi) is 5.65. The highest BCUT2D eigenvalue weighted by molar-refractivity contribution is 9.10. The second-order valence-electron chi connectivity index (χ2n) is 5.84. The van der Waals surface area contributed by atoms with E-state index in [2.05, 4.69) is 49.7 Å². The summed E-state index contributed by atoms with van der Waals surface area (Å²) in [6.07, 6.45) is 2.61. The third kappa shape index (κ3) is 4.71. The van der Waals surface area contributed by atoms with Gasteiger partial charge in [0.1, 0.15) is 0 Å². The molecule has 1 unspecified atom stereocenters. The molecule has 0 bridgehead atoms. The molecule has 1 aromatic carbocycles. The SMILES string of the molecule is CNC(=O)C(C)CN(C)c1ccc(CNC2CC2)cc1Br. The average molecular weight is 354 g/mol. The van der Waals surface area contributed by atoms with Crippen LogP contribution in [-0.2, 0) is 11.3 Å². The van der Waals surface area contributed by atoms with Gasteiger partial charge in [0, 0.05) is 37.7 Å². The molecule has 0 radical (unpaired) electrons. The van der Waals surface area contributed by atoms with E-state index in [9.17, 15) is 4.79 Å². The number of rotatable bonds is 7. The van der Waals surface area contributed by atoms with E-state index in [0.717, 1.165) is 22.7 Å². The van der Waals surface area contributed by atoms with Crippen molar-refractivity contribution in [3.8, 4) is 0 Å². The molecule has 116 valence electrons. The minimum Gasteiger partial charge on any atom is -0.373 e. The van der Waals surface area contributed by atoms with Gasteiger partial charge in [0.2, 0.25) is 5.91 Å². The molecule has 1 aliphatic carbocycles. The van der Waals surface area contributed by atoms with Gasteiger partial charge in [0.25, 0.3) is 0 Å². The van der Waals surface area contributed by atoms with Crippen LogP contribution in [-0.4, -0.2) is 32.6 Å². The summed E-state index contributed by atoms with van der Waals surface area (Å²) < 4.78 is 1.07. The van der Waals surface area contributed by atoms with Crippen LogP contribution < -0.4 is 15.5 Å². The first-order valence-electron chi connectivity index (χ1n) is 7.45. The molecule has 0 heterocycles. The first-order valence-corrected chi connectivity index (χ1v) is 8.25. The Labute approximate surface area is 135 Å². The number of nitrogens with one attached hydrogen (secondary N) is 2. The van der Waals surface area contributed by atoms with E-state index in [1.807, 2.05) is 14.0 Å². The summed E-state index contributed by atoms with van der Waals surface area (Å²) >= 11 is 3.64. The number of hydrogen-bond acceptors (Lipinski definition) is 3. The quantitative estimate of drug-likeness (QED) is 0.791. The maximum absolute atomic E-state index is 11.6. The van der Waals surface area contributed by atoms with Crippen molar-refractivity contribution < 1.29 is 4.79 Å². The lowest BCUT2D eigenvalue weighted by Crippen LogP contribution is -2.34. The van der Waals surface area contributed by atoms with Crippen molar-refractivity contribution in [2.75, 3.05) is 25.5 Å². The summed E-state index contributed by atoms with van der Waals surface area (Å²) in [6.45, 7) is 3.55. The molecule has 1 aliphatic rings. The summed E-state index contributed by atoms with van der Waals surface area (Å²) in [4.78, 5) is 13.7. The number of nitrogens with zero attached hydrogens (tertiary/aromatic N) is 1. The number of carbonyl (C=O) groups excluding carboxylic acids is 1. The van der Waals surface area contributed by atoms with E-state index in [-0.39, 0.29) is 11.8 Å². The first-order chi connectivity index (χ1) is 10.0. The van der Waals surface area contributed by atoms with E-state index in [4.69, 9.17) is 0 Å². The van der Waals surface area contributed by atoms with Gasteiger partial charge in [0.15, 0.2) is 0 Å². The van der Waals surface area contributed by atoms with Crippen LogP contribution >= 0.6 is 15.9 Å². The monoisotopic (exact) mass is 353 g/mol. The summed E-state index contributed by atoms with van der Waals surface area (Å²) in [5.41, 5.74) is 2.39. The zero-order valence-corrected chi connectivity index (χ0v) is 14.5. The molecule has 4 nitrogen and oxygen atoms in total. The number of halogens is 1. The second kappa shape index (κ2) is 7.27. The van der Waals surface area contributed by atoms with Crippen molar-refractivity contribution in [1.82, 2.24) is 10.6 Å². The number of carbonyl (C=O) groups is 1. The highest BCUT2D eigenvalue weighted by Gasteiger charge is 2.20. The summed E-state index contributed by atoms with van der Waals surface area (Å²) in [6, 6.07) is 7.15. The Bertz CT molecular complexity index is 502. The summed E-state index contributed by atoms with van der Waals surface area (Å²) in [5.74, 6) is 0.0336. The lowest BCUT2D eigenvalue weighted by atomic mass is 10.1. The molecule has 2 N–H and O–H groups in total. The van der Waals surface area contributed by atoms with E-state index >= 15 is 0 Å². The predicted octanol–water partition coefficient (Wildman–Crippen LogP) is 2.52. The van der Waals surface area contributed by atoms with Gasteiger partial charge in [-0.05, 0) is 46.5 Å². The Morgan fingerprint density at radius 3 is 2.76 bits per heavy atom. The van der Waals surface area contributed by atoms with Crippen LogP contribution in [0.3, 0.4) is 0 Å². The van der Waals surface area contributed by atoms with Crippen molar-refractivity contribution >= 4 is 27.5 Å². The highest BCUT2D eigenvalue weighted by atomic mass is 79.9. The zero-order chi connectivity index (χ0) is 15.4. The lowest BCUT2D eigenvalue weighted by molar-refractivity contribution is -0.123. The van der Waals surface area contributed by atoms with Gasteiger partial charge in [-0.25, -0.2) is 0 Å². The van der Waals surface area contributed by atoms with E-state index in [1.54, 1.807) is 7.05 Å². The molecule has 21 heavy (non-hydrogen) atoms. The minimum atomic E-state index is -0.0388. The topological polar surface area (TPSA) is 44.4 Å². The molecule has 1 amide bonds. The highest BCUT2D eigenvalue weighted by Crippen LogP contribution is 2.28. The average Bonchev–Trinajstić information content (AvgIpc) is 3.28. The van der Waals surface area contributed by atoms with Crippen LogP contribution in [0, 0.1) is 5.92 Å². The van der Waals surface area contributed by atoms with E-state index in [0.29, 0.717) is 6.54 Å². The third-order valence-corrected chi connectivity index (χ3v) is 4.47. The van der Waals surface area contributed by atoms with Crippen LogP contribution in [0.2, 0.25) is 0 Å². The van der Waals surface area contributed by atoms with E-state index < -0.39 is 0 Å². The van der Waals surface area contributed by atoms with Crippen molar-refractivity contribution in [2.24, 2.45) is 5.92 Å². The van der Waals surface area contributed by atoms with Crippen molar-refractivity contribution in [3.63, 3.8) is 0 Å². The van der Waals surface area contributed by atoms with Gasteiger partial charge in [-0.3, -0.25) is 4.79 Å². The van der Waals surface area contributed by atoms with Crippen molar-refractivity contribution in [3.05, 3.63) is 28.2 Å². The Morgan fingerprint density at radius 2 is 2.19 bits per heavy atom. The van der Waals surface area contributed by atoms with Gasteiger partial charge in [-0.1, -0.05) is 13.0 Å². The zero-order valence-electron chi connectivity index (χ0n) is 12.9. The molecular weight excluding hydrogens is 330 g/mol. The fraction of sp³-hybridized carbons (Fsp3) is 0.562. The van der Waals surface area contributed by atoms with Crippen molar-refractivity contribution in [2.45, 2.75) is 32.4 Å². The molecule has 1 aromatic rings. The summed E-state index contributed by atoms with van der Waals surface area (Å²) in [5, 5.41) is 6.21. The largest absolute Gasteiger partial charge is 0.373 e. The molecule has 1 saturated carbocycles.